The van der Waals surface area contributed by atoms with Crippen molar-refractivity contribution in [3.05, 3.63) is 78.6 Å². The Balaban J connectivity index is 1.51. The molecule has 0 aliphatic carbocycles. The van der Waals surface area contributed by atoms with Gasteiger partial charge in [0.25, 0.3) is 0 Å². The molecule has 0 saturated carbocycles. The lowest BCUT2D eigenvalue weighted by atomic mass is 10.1. The van der Waals surface area contributed by atoms with Crippen LogP contribution in [0.3, 0.4) is 0 Å². The maximum Gasteiger partial charge on any atom is 0.222 e. The summed E-state index contributed by atoms with van der Waals surface area (Å²) in [5.41, 5.74) is 17.0. The van der Waals surface area contributed by atoms with Crippen molar-refractivity contribution in [3.63, 3.8) is 0 Å². The lowest BCUT2D eigenvalue weighted by Gasteiger charge is -2.09. The van der Waals surface area contributed by atoms with Crippen molar-refractivity contribution in [1.29, 1.82) is 0 Å². The van der Waals surface area contributed by atoms with Crippen molar-refractivity contribution in [2.24, 2.45) is 0 Å². The van der Waals surface area contributed by atoms with Gasteiger partial charge in [0.2, 0.25) is 5.95 Å². The van der Waals surface area contributed by atoms with Gasteiger partial charge in [-0.1, -0.05) is 30.3 Å². The van der Waals surface area contributed by atoms with Crippen LogP contribution in [-0.2, 0) is 6.54 Å². The number of fused-ring (bicyclic) bond motifs is 3. The van der Waals surface area contributed by atoms with Gasteiger partial charge in [0.15, 0.2) is 0 Å². The zero-order chi connectivity index (χ0) is 19.1. The highest BCUT2D eigenvalue weighted by Gasteiger charge is 2.11. The number of rotatable bonds is 3. The zero-order valence-corrected chi connectivity index (χ0v) is 15.1. The molecule has 28 heavy (non-hydrogen) atoms. The summed E-state index contributed by atoms with van der Waals surface area (Å²) in [5.74, 6) is 0.599. The van der Waals surface area contributed by atoms with E-state index in [9.17, 15) is 0 Å². The van der Waals surface area contributed by atoms with Crippen molar-refractivity contribution < 1.29 is 0 Å². The molecule has 5 aromatic rings. The van der Waals surface area contributed by atoms with Gasteiger partial charge in [0.1, 0.15) is 5.82 Å². The van der Waals surface area contributed by atoms with Gasteiger partial charge in [-0.15, -0.1) is 0 Å². The summed E-state index contributed by atoms with van der Waals surface area (Å²) >= 11 is 0. The van der Waals surface area contributed by atoms with Crippen molar-refractivity contribution >= 4 is 33.6 Å². The van der Waals surface area contributed by atoms with E-state index in [0.717, 1.165) is 39.6 Å². The minimum atomic E-state index is 0.191. The second kappa shape index (κ2) is 6.35. The predicted octanol–water partition coefficient (Wildman–Crippen LogP) is 3.86. The first kappa shape index (κ1) is 16.3. The van der Waals surface area contributed by atoms with Gasteiger partial charge in [-0.05, 0) is 35.9 Å². The molecular weight excluding hydrogens is 348 g/mol. The summed E-state index contributed by atoms with van der Waals surface area (Å²) in [6.07, 6.45) is 3.87. The number of nitrogens with zero attached hydrogens (tertiary/aromatic N) is 4. The third-order valence-electron chi connectivity index (χ3n) is 4.92. The fourth-order valence-corrected chi connectivity index (χ4v) is 3.60. The van der Waals surface area contributed by atoms with Crippen LogP contribution in [0.25, 0.3) is 33.1 Å². The maximum absolute atomic E-state index is 6.11. The number of hydrogen-bond acceptors (Lipinski definition) is 5. The van der Waals surface area contributed by atoms with Gasteiger partial charge >= 0.3 is 0 Å². The Morgan fingerprint density at radius 3 is 2.50 bits per heavy atom. The van der Waals surface area contributed by atoms with Crippen LogP contribution in [0.15, 0.2) is 73.1 Å². The van der Waals surface area contributed by atoms with Gasteiger partial charge in [-0.3, -0.25) is 4.98 Å². The van der Waals surface area contributed by atoms with Gasteiger partial charge < -0.3 is 16.0 Å². The lowest BCUT2D eigenvalue weighted by molar-refractivity contribution is 0.837. The lowest BCUT2D eigenvalue weighted by Crippen LogP contribution is -2.01. The molecule has 0 unspecified atom stereocenters. The molecule has 6 nitrogen and oxygen atoms in total. The van der Waals surface area contributed by atoms with E-state index in [1.165, 1.54) is 5.56 Å². The molecule has 0 aliphatic rings. The molecule has 0 spiro atoms. The highest BCUT2D eigenvalue weighted by molar-refractivity contribution is 6.10. The Bertz CT molecular complexity index is 1290. The average Bonchev–Trinajstić information content (AvgIpc) is 3.11. The van der Waals surface area contributed by atoms with Crippen LogP contribution in [-0.4, -0.2) is 19.5 Å². The minimum Gasteiger partial charge on any atom is -0.383 e. The predicted molar refractivity (Wildman–Crippen MR) is 113 cm³/mol. The number of anilines is 2. The molecule has 3 aromatic heterocycles. The van der Waals surface area contributed by atoms with Gasteiger partial charge in [-0.25, -0.2) is 4.98 Å². The molecule has 0 bridgehead atoms. The SMILES string of the molecule is Nc1nc(N)c2c(ccc3c2ccn3Cc2ccc(-c3ccccn3)cc2)n1. The molecule has 0 atom stereocenters. The van der Waals surface area contributed by atoms with Crippen LogP contribution in [0.4, 0.5) is 11.8 Å². The first-order chi connectivity index (χ1) is 13.7. The van der Waals surface area contributed by atoms with Crippen LogP contribution >= 0.6 is 0 Å². The van der Waals surface area contributed by atoms with Crippen molar-refractivity contribution in [2.75, 3.05) is 11.5 Å². The van der Waals surface area contributed by atoms with E-state index < -0.39 is 0 Å². The zero-order valence-electron chi connectivity index (χ0n) is 15.1. The largest absolute Gasteiger partial charge is 0.383 e. The minimum absolute atomic E-state index is 0.191. The van der Waals surface area contributed by atoms with E-state index in [0.29, 0.717) is 5.82 Å². The number of nitrogen functional groups attached to an aromatic ring is 2. The summed E-state index contributed by atoms with van der Waals surface area (Å²) in [4.78, 5) is 12.8. The van der Waals surface area contributed by atoms with E-state index in [1.54, 1.807) is 0 Å². The molecule has 5 rings (SSSR count). The van der Waals surface area contributed by atoms with Crippen LogP contribution in [0.5, 0.6) is 0 Å². The molecule has 6 heteroatoms. The summed E-state index contributed by atoms with van der Waals surface area (Å²) in [5, 5.41) is 1.87. The normalized spacial score (nSPS) is 11.3. The molecule has 0 fully saturated rings. The molecule has 0 aliphatic heterocycles. The quantitative estimate of drug-likeness (QED) is 0.505. The van der Waals surface area contributed by atoms with E-state index in [2.05, 4.69) is 56.0 Å². The van der Waals surface area contributed by atoms with Crippen LogP contribution in [0.1, 0.15) is 5.56 Å². The molecule has 0 radical (unpaired) electrons. The number of benzene rings is 2. The standard InChI is InChI=1S/C22H18N6/c23-21-20-16-10-12-28(19(16)9-8-18(20)26-22(24)27-21)13-14-4-6-15(7-5-14)17-3-1-2-11-25-17/h1-12H,13H2,(H4,23,24,26,27). The summed E-state index contributed by atoms with van der Waals surface area (Å²) in [6.45, 7) is 0.757. The van der Waals surface area contributed by atoms with E-state index in [-0.39, 0.29) is 5.95 Å². The Labute approximate surface area is 161 Å². The van der Waals surface area contributed by atoms with Gasteiger partial charge in [0.05, 0.1) is 16.6 Å². The number of aromatic nitrogens is 4. The Hall–Kier alpha value is -3.93. The van der Waals surface area contributed by atoms with Crippen LogP contribution in [0, 0.1) is 0 Å². The van der Waals surface area contributed by atoms with E-state index in [4.69, 9.17) is 11.5 Å². The fraction of sp³-hybridized carbons (Fsp3) is 0.0455. The Morgan fingerprint density at radius 2 is 1.71 bits per heavy atom. The maximum atomic E-state index is 6.11. The first-order valence-electron chi connectivity index (χ1n) is 9.00. The molecule has 2 aromatic carbocycles. The van der Waals surface area contributed by atoms with E-state index in [1.807, 2.05) is 36.5 Å². The van der Waals surface area contributed by atoms with Gasteiger partial charge in [-0.2, -0.15) is 4.98 Å². The number of pyridine rings is 1. The smallest absolute Gasteiger partial charge is 0.222 e. The third-order valence-corrected chi connectivity index (χ3v) is 4.92. The Morgan fingerprint density at radius 1 is 0.857 bits per heavy atom. The molecule has 0 saturated heterocycles. The Kier molecular flexibility index (Phi) is 3.69. The van der Waals surface area contributed by atoms with Crippen LogP contribution < -0.4 is 11.5 Å². The molecule has 0 amide bonds. The third kappa shape index (κ3) is 2.72. The number of hydrogen-bond donors (Lipinski definition) is 2. The monoisotopic (exact) mass is 366 g/mol. The highest BCUT2D eigenvalue weighted by atomic mass is 15.0. The molecule has 136 valence electrons. The fourth-order valence-electron chi connectivity index (χ4n) is 3.60. The summed E-state index contributed by atoms with van der Waals surface area (Å²) in [7, 11) is 0. The van der Waals surface area contributed by atoms with Gasteiger partial charge in [0, 0.05) is 35.4 Å². The van der Waals surface area contributed by atoms with Crippen molar-refractivity contribution in [2.45, 2.75) is 6.54 Å². The number of nitrogens with two attached hydrogens (primary N) is 2. The highest BCUT2D eigenvalue weighted by Crippen LogP contribution is 2.29. The second-order valence-corrected chi connectivity index (χ2v) is 6.72. The topological polar surface area (TPSA) is 95.6 Å². The molecule has 4 N–H and O–H groups in total. The first-order valence-corrected chi connectivity index (χ1v) is 9.00. The second-order valence-electron chi connectivity index (χ2n) is 6.72. The average molecular weight is 366 g/mol. The van der Waals surface area contributed by atoms with Crippen molar-refractivity contribution in [3.8, 4) is 11.3 Å². The molecular formula is C22H18N6. The summed E-state index contributed by atoms with van der Waals surface area (Å²) < 4.78 is 2.19. The molecule has 3 heterocycles. The van der Waals surface area contributed by atoms with Crippen LogP contribution in [0.2, 0.25) is 0 Å². The van der Waals surface area contributed by atoms with Crippen molar-refractivity contribution in [1.82, 2.24) is 19.5 Å². The van der Waals surface area contributed by atoms with E-state index >= 15 is 0 Å². The summed E-state index contributed by atoms with van der Waals surface area (Å²) in [6, 6.07) is 20.4.